The molecule has 0 bridgehead atoms. The molecule has 7 nitrogen and oxygen atoms in total. The molecule has 2 rings (SSSR count). The van der Waals surface area contributed by atoms with E-state index in [2.05, 4.69) is 5.32 Å². The van der Waals surface area contributed by atoms with Gasteiger partial charge in [-0.2, -0.15) is 0 Å². The number of nitrogens with zero attached hydrogens (tertiary/aromatic N) is 1. The van der Waals surface area contributed by atoms with Crippen LogP contribution >= 0.6 is 0 Å². The lowest BCUT2D eigenvalue weighted by molar-refractivity contribution is -0.385. The minimum Gasteiger partial charge on any atom is -0.490 e. The number of nitro benzene ring substituents is 1. The minimum absolute atomic E-state index is 0.000152. The van der Waals surface area contributed by atoms with Crippen molar-refractivity contribution in [1.82, 2.24) is 0 Å². The number of benzene rings is 2. The quantitative estimate of drug-likeness (QED) is 0.529. The third-order valence-electron chi connectivity index (χ3n) is 3.47. The van der Waals surface area contributed by atoms with Gasteiger partial charge in [0.05, 0.1) is 18.1 Å². The molecule has 0 spiro atoms. The molecule has 0 heterocycles. The Morgan fingerprint density at radius 3 is 2.35 bits per heavy atom. The van der Waals surface area contributed by atoms with E-state index in [0.29, 0.717) is 30.4 Å². The summed E-state index contributed by atoms with van der Waals surface area (Å²) in [6, 6.07) is 10.9. The number of carbonyl (C=O) groups excluding carboxylic acids is 1. The standard InChI is InChI=1S/C19H22N2O5/c1-3-11-25-17-10-9-14(13-18(17)26-12-4-2)20-19(22)15-7-5-6-8-16(15)21(23)24/h5-10,13H,3-4,11-12H2,1-2H3,(H,20,22). The Morgan fingerprint density at radius 2 is 1.69 bits per heavy atom. The largest absolute Gasteiger partial charge is 0.490 e. The summed E-state index contributed by atoms with van der Waals surface area (Å²) >= 11 is 0. The van der Waals surface area contributed by atoms with E-state index in [1.165, 1.54) is 18.2 Å². The molecule has 0 aliphatic rings. The molecular formula is C19H22N2O5. The summed E-state index contributed by atoms with van der Waals surface area (Å²) in [5, 5.41) is 13.8. The van der Waals surface area contributed by atoms with Gasteiger partial charge < -0.3 is 14.8 Å². The number of nitrogens with one attached hydrogen (secondary N) is 1. The first-order valence-electron chi connectivity index (χ1n) is 8.51. The molecule has 1 amide bonds. The number of anilines is 1. The Morgan fingerprint density at radius 1 is 1.04 bits per heavy atom. The highest BCUT2D eigenvalue weighted by Gasteiger charge is 2.19. The smallest absolute Gasteiger partial charge is 0.282 e. The lowest BCUT2D eigenvalue weighted by Crippen LogP contribution is -2.14. The Labute approximate surface area is 152 Å². The topological polar surface area (TPSA) is 90.7 Å². The summed E-state index contributed by atoms with van der Waals surface area (Å²) in [5.74, 6) is 0.575. The highest BCUT2D eigenvalue weighted by molar-refractivity contribution is 6.07. The van der Waals surface area contributed by atoms with Gasteiger partial charge in [0.2, 0.25) is 0 Å². The highest BCUT2D eigenvalue weighted by Crippen LogP contribution is 2.31. The Hall–Kier alpha value is -3.09. The van der Waals surface area contributed by atoms with Crippen molar-refractivity contribution in [2.24, 2.45) is 0 Å². The van der Waals surface area contributed by atoms with Crippen LogP contribution in [0.4, 0.5) is 11.4 Å². The van der Waals surface area contributed by atoms with Crippen molar-refractivity contribution in [3.8, 4) is 11.5 Å². The first-order valence-corrected chi connectivity index (χ1v) is 8.51. The zero-order chi connectivity index (χ0) is 18.9. The molecule has 138 valence electrons. The predicted molar refractivity (Wildman–Crippen MR) is 99.1 cm³/mol. The second-order valence-corrected chi connectivity index (χ2v) is 5.59. The van der Waals surface area contributed by atoms with Crippen molar-refractivity contribution in [2.45, 2.75) is 26.7 Å². The third-order valence-corrected chi connectivity index (χ3v) is 3.47. The summed E-state index contributed by atoms with van der Waals surface area (Å²) in [6.45, 7) is 5.08. The molecule has 0 saturated carbocycles. The van der Waals surface area contributed by atoms with Gasteiger partial charge in [-0.3, -0.25) is 14.9 Å². The van der Waals surface area contributed by atoms with Crippen molar-refractivity contribution in [1.29, 1.82) is 0 Å². The third kappa shape index (κ3) is 4.95. The number of carbonyl (C=O) groups is 1. The second kappa shape index (κ2) is 9.41. The average molecular weight is 358 g/mol. The Kier molecular flexibility index (Phi) is 6.96. The average Bonchev–Trinajstić information content (AvgIpc) is 2.65. The van der Waals surface area contributed by atoms with Gasteiger partial charge in [0.1, 0.15) is 5.56 Å². The SMILES string of the molecule is CCCOc1ccc(NC(=O)c2ccccc2[N+](=O)[O-])cc1OCCC. The van der Waals surface area contributed by atoms with Gasteiger partial charge in [-0.05, 0) is 31.0 Å². The van der Waals surface area contributed by atoms with Crippen LogP contribution in [0, 0.1) is 10.1 Å². The lowest BCUT2D eigenvalue weighted by atomic mass is 10.1. The van der Waals surface area contributed by atoms with Gasteiger partial charge in [-0.1, -0.05) is 26.0 Å². The van der Waals surface area contributed by atoms with E-state index in [4.69, 9.17) is 9.47 Å². The molecule has 2 aromatic carbocycles. The van der Waals surface area contributed by atoms with Gasteiger partial charge in [0.25, 0.3) is 11.6 Å². The molecule has 0 aromatic heterocycles. The van der Waals surface area contributed by atoms with E-state index in [1.54, 1.807) is 24.3 Å². The monoisotopic (exact) mass is 358 g/mol. The van der Waals surface area contributed by atoms with E-state index in [1.807, 2.05) is 13.8 Å². The molecule has 7 heteroatoms. The first-order chi connectivity index (χ1) is 12.6. The number of amides is 1. The molecule has 0 aliphatic carbocycles. The fourth-order valence-electron chi connectivity index (χ4n) is 2.27. The molecular weight excluding hydrogens is 336 g/mol. The predicted octanol–water partition coefficient (Wildman–Crippen LogP) is 4.42. The first kappa shape index (κ1) is 19.2. The van der Waals surface area contributed by atoms with Crippen LogP contribution in [0.25, 0.3) is 0 Å². The van der Waals surface area contributed by atoms with E-state index in [9.17, 15) is 14.9 Å². The van der Waals surface area contributed by atoms with Crippen molar-refractivity contribution in [2.75, 3.05) is 18.5 Å². The van der Waals surface area contributed by atoms with Gasteiger partial charge in [-0.25, -0.2) is 0 Å². The van der Waals surface area contributed by atoms with Crippen molar-refractivity contribution in [3.63, 3.8) is 0 Å². The molecule has 0 fully saturated rings. The van der Waals surface area contributed by atoms with Crippen molar-refractivity contribution < 1.29 is 19.2 Å². The maximum Gasteiger partial charge on any atom is 0.282 e. The van der Waals surface area contributed by atoms with Gasteiger partial charge in [0, 0.05) is 17.8 Å². The Bertz CT molecular complexity index is 776. The van der Waals surface area contributed by atoms with Crippen LogP contribution in [-0.4, -0.2) is 24.0 Å². The fourth-order valence-corrected chi connectivity index (χ4v) is 2.27. The minimum atomic E-state index is -0.577. The maximum atomic E-state index is 12.4. The lowest BCUT2D eigenvalue weighted by Gasteiger charge is -2.14. The van der Waals surface area contributed by atoms with Crippen LogP contribution in [0.5, 0.6) is 11.5 Å². The van der Waals surface area contributed by atoms with Gasteiger partial charge in [0.15, 0.2) is 11.5 Å². The van der Waals surface area contributed by atoms with Crippen LogP contribution < -0.4 is 14.8 Å². The van der Waals surface area contributed by atoms with E-state index >= 15 is 0 Å². The Balaban J connectivity index is 2.23. The van der Waals surface area contributed by atoms with Gasteiger partial charge >= 0.3 is 0 Å². The summed E-state index contributed by atoms with van der Waals surface area (Å²) in [4.78, 5) is 22.9. The van der Waals surface area contributed by atoms with Crippen LogP contribution in [0.1, 0.15) is 37.0 Å². The molecule has 26 heavy (non-hydrogen) atoms. The second-order valence-electron chi connectivity index (χ2n) is 5.59. The van der Waals surface area contributed by atoms with Crippen LogP contribution in [-0.2, 0) is 0 Å². The summed E-state index contributed by atoms with van der Waals surface area (Å²) in [5.41, 5.74) is 0.235. The number of para-hydroxylation sites is 1. The molecule has 0 radical (unpaired) electrons. The van der Waals surface area contributed by atoms with E-state index < -0.39 is 10.8 Å². The summed E-state index contributed by atoms with van der Waals surface area (Å²) < 4.78 is 11.3. The summed E-state index contributed by atoms with van der Waals surface area (Å²) in [6.07, 6.45) is 1.70. The summed E-state index contributed by atoms with van der Waals surface area (Å²) in [7, 11) is 0. The fraction of sp³-hybridized carbons (Fsp3) is 0.316. The molecule has 0 saturated heterocycles. The zero-order valence-corrected chi connectivity index (χ0v) is 14.9. The van der Waals surface area contributed by atoms with Gasteiger partial charge in [-0.15, -0.1) is 0 Å². The highest BCUT2D eigenvalue weighted by atomic mass is 16.6. The van der Waals surface area contributed by atoms with Crippen LogP contribution in [0.2, 0.25) is 0 Å². The molecule has 2 aromatic rings. The number of rotatable bonds is 9. The maximum absolute atomic E-state index is 12.4. The van der Waals surface area contributed by atoms with Crippen LogP contribution in [0.3, 0.4) is 0 Å². The van der Waals surface area contributed by atoms with Crippen molar-refractivity contribution in [3.05, 3.63) is 58.1 Å². The van der Waals surface area contributed by atoms with Crippen molar-refractivity contribution >= 4 is 17.3 Å². The number of nitro groups is 1. The zero-order valence-electron chi connectivity index (χ0n) is 14.9. The molecule has 1 N–H and O–H groups in total. The number of hydrogen-bond acceptors (Lipinski definition) is 5. The van der Waals surface area contributed by atoms with E-state index in [0.717, 1.165) is 12.8 Å². The molecule has 0 atom stereocenters. The van der Waals surface area contributed by atoms with E-state index in [-0.39, 0.29) is 11.3 Å². The number of hydrogen-bond donors (Lipinski definition) is 1. The number of ether oxygens (including phenoxy) is 2. The normalized spacial score (nSPS) is 10.2. The molecule has 0 aliphatic heterocycles. The molecule has 0 unspecified atom stereocenters. The van der Waals surface area contributed by atoms with Crippen LogP contribution in [0.15, 0.2) is 42.5 Å².